The summed E-state index contributed by atoms with van der Waals surface area (Å²) in [5, 5.41) is 8.50. The summed E-state index contributed by atoms with van der Waals surface area (Å²) in [4.78, 5) is 0. The van der Waals surface area contributed by atoms with Gasteiger partial charge in [-0.3, -0.25) is 0 Å². The molecule has 330 valence electrons. The molecule has 0 nitrogen and oxygen atoms in total. The van der Waals surface area contributed by atoms with Crippen molar-refractivity contribution in [2.24, 2.45) is 0 Å². The van der Waals surface area contributed by atoms with Crippen molar-refractivity contribution >= 4 is 58.5 Å². The van der Waals surface area contributed by atoms with Crippen LogP contribution in [0.5, 0.6) is 0 Å². The first-order valence-corrected chi connectivity index (χ1v) is 30.9. The van der Waals surface area contributed by atoms with Gasteiger partial charge >= 0.3 is 37.9 Å². The van der Waals surface area contributed by atoms with Gasteiger partial charge in [0.05, 0.1) is 9.52 Å². The quantitative estimate of drug-likeness (QED) is 0.0845. The molecule has 4 heteroatoms. The number of benzene rings is 6. The second-order valence-electron chi connectivity index (χ2n) is 17.6. The third-order valence-electron chi connectivity index (χ3n) is 12.2. The molecule has 0 spiro atoms. The van der Waals surface area contributed by atoms with Crippen molar-refractivity contribution in [2.45, 2.75) is 119 Å². The predicted octanol–water partition coefficient (Wildman–Crippen LogP) is 17.0. The Kier molecular flexibility index (Phi) is 19.1. The molecule has 0 aromatic heterocycles. The van der Waals surface area contributed by atoms with Crippen molar-refractivity contribution < 1.29 is 20.8 Å². The van der Waals surface area contributed by atoms with Crippen LogP contribution in [0.2, 0.25) is 0 Å². The Morgan fingerprint density at radius 1 is 0.516 bits per heavy atom. The molecule has 0 bridgehead atoms. The predicted molar refractivity (Wildman–Crippen MR) is 282 cm³/mol. The average molecular weight is 976 g/mol. The molecule has 1 aliphatic heterocycles. The minimum absolute atomic E-state index is 0.538. The van der Waals surface area contributed by atoms with Gasteiger partial charge in [0.2, 0.25) is 0 Å². The molecule has 8 aromatic carbocycles. The number of aryl methyl sites for hydroxylation is 4. The zero-order chi connectivity index (χ0) is 45.6. The first-order valence-electron chi connectivity index (χ1n) is 23.6. The van der Waals surface area contributed by atoms with Crippen LogP contribution in [0.3, 0.4) is 0 Å². The van der Waals surface area contributed by atoms with E-state index in [0.717, 1.165) is 22.4 Å². The van der Waals surface area contributed by atoms with Crippen LogP contribution in [-0.2, 0) is 46.5 Å². The molecule has 1 aliphatic rings. The maximum absolute atomic E-state index is 4.93. The van der Waals surface area contributed by atoms with E-state index in [4.69, 9.17) is 17.0 Å². The summed E-state index contributed by atoms with van der Waals surface area (Å²) in [6.45, 7) is 18.3. The van der Waals surface area contributed by atoms with E-state index in [1.807, 2.05) is 6.07 Å². The minimum Gasteiger partial charge on any atom is -0.184 e. The zero-order valence-corrected chi connectivity index (χ0v) is 44.3. The molecule has 0 fully saturated rings. The van der Waals surface area contributed by atoms with Crippen LogP contribution in [0.15, 0.2) is 140 Å². The van der Waals surface area contributed by atoms with E-state index in [-0.39, 0.29) is 0 Å². The van der Waals surface area contributed by atoms with Gasteiger partial charge in [0, 0.05) is 0 Å². The first-order chi connectivity index (χ1) is 31.2. The van der Waals surface area contributed by atoms with E-state index < -0.39 is 20.8 Å². The molecule has 8 aromatic rings. The molecule has 0 aliphatic carbocycles. The van der Waals surface area contributed by atoms with Gasteiger partial charge in [-0.1, -0.05) is 187 Å². The first kappa shape index (κ1) is 49.6. The van der Waals surface area contributed by atoms with Crippen LogP contribution >= 0.6 is 17.0 Å². The van der Waals surface area contributed by atoms with Crippen LogP contribution in [0, 0.1) is 6.07 Å². The van der Waals surface area contributed by atoms with Gasteiger partial charge in [-0.25, -0.2) is 0 Å². The molecule has 0 saturated carbocycles. The summed E-state index contributed by atoms with van der Waals surface area (Å²) >= 11 is -0.826. The monoisotopic (exact) mass is 973 g/mol. The molecule has 0 saturated heterocycles. The van der Waals surface area contributed by atoms with Crippen molar-refractivity contribution in [3.63, 3.8) is 0 Å². The van der Waals surface area contributed by atoms with Crippen LogP contribution in [0.25, 0.3) is 54.9 Å². The van der Waals surface area contributed by atoms with Crippen LogP contribution in [0.1, 0.15) is 126 Å². The summed E-state index contributed by atoms with van der Waals surface area (Å²) in [5.74, 6) is 1.08. The van der Waals surface area contributed by atoms with E-state index in [2.05, 4.69) is 195 Å². The Morgan fingerprint density at radius 3 is 1.39 bits per heavy atom. The topological polar surface area (TPSA) is 0 Å². The Balaban J connectivity index is 0.000000160. The van der Waals surface area contributed by atoms with E-state index >= 15 is 0 Å². The fourth-order valence-corrected chi connectivity index (χ4v) is 10.7. The fraction of sp³-hybridized carbons (Fsp3) is 0.300. The maximum atomic E-state index is 4.93. The molecule has 9 rings (SSSR count). The van der Waals surface area contributed by atoms with Crippen molar-refractivity contribution in [1.29, 1.82) is 0 Å². The van der Waals surface area contributed by atoms with Crippen LogP contribution < -0.4 is 10.4 Å². The van der Waals surface area contributed by atoms with E-state index in [1.165, 1.54) is 137 Å². The average Bonchev–Trinajstić information content (AvgIpc) is 4.02. The van der Waals surface area contributed by atoms with Gasteiger partial charge in [-0.15, -0.1) is 74.6 Å². The standard InChI is InChI=1S/2C24H29.C12H7Si.2ClH.Zr/c2*1-5-9-18-15-20-14-13-19(10-6-2)24(23(20)16-18)22-12-8-7-11-21(22)17(3)4;1-3-7-11-9(5-1)10-6-2-4-8-12(10)13-11;;;/h2*7-8,11-17H,5-6,9-10H2,1-4H3;1-7H;2*1H;/q3*-1;;;+2/p-2. The molecule has 0 atom stereocenters. The maximum Gasteiger partial charge on any atom is 0.0920 e. The number of halogens is 2. The molecule has 1 heterocycles. The summed E-state index contributed by atoms with van der Waals surface area (Å²) in [6.07, 6.45) is 9.41. The van der Waals surface area contributed by atoms with Gasteiger partial charge in [-0.2, -0.15) is 41.6 Å². The van der Waals surface area contributed by atoms with Crippen molar-refractivity contribution in [3.05, 3.63) is 179 Å². The van der Waals surface area contributed by atoms with Crippen molar-refractivity contribution in [1.82, 2.24) is 0 Å². The summed E-state index contributed by atoms with van der Waals surface area (Å²) in [7, 11) is 10.7. The molecule has 2 radical (unpaired) electrons. The van der Waals surface area contributed by atoms with E-state index in [9.17, 15) is 0 Å². The summed E-state index contributed by atoms with van der Waals surface area (Å²) in [5.41, 5.74) is 17.4. The molecular formula is C60H65Cl2SiZr-3. The Bertz CT molecular complexity index is 2530. The van der Waals surface area contributed by atoms with Gasteiger partial charge in [0.25, 0.3) is 0 Å². The second-order valence-corrected chi connectivity index (χ2v) is 22.6. The van der Waals surface area contributed by atoms with Gasteiger partial charge in [-0.05, 0) is 59.8 Å². The molecule has 0 amide bonds. The number of fused-ring (bicyclic) bond motifs is 5. The van der Waals surface area contributed by atoms with E-state index in [1.54, 1.807) is 0 Å². The number of hydrogen-bond donors (Lipinski definition) is 0. The third-order valence-corrected chi connectivity index (χ3v) is 13.6. The molecule has 64 heavy (non-hydrogen) atoms. The van der Waals surface area contributed by atoms with Gasteiger partial charge < -0.3 is 0 Å². The van der Waals surface area contributed by atoms with Gasteiger partial charge in [0.1, 0.15) is 0 Å². The smallest absolute Gasteiger partial charge is 0.0920 e. The zero-order valence-electron chi connectivity index (χ0n) is 39.3. The SMILES string of the molecule is CCCc1cc2c(-c3ccccc3C(C)C)c(CCC)ccc2[cH-]1.CCCc1cc2c(-c3ccccc3C(C)C)c(CCC)ccc2[cH-]1.[Cl][Zr][Cl].[c-]1cccc2c1[Si]c1ccccc1-2. The number of rotatable bonds is 12. The van der Waals surface area contributed by atoms with Crippen LogP contribution in [0.4, 0.5) is 0 Å². The summed E-state index contributed by atoms with van der Waals surface area (Å²) < 4.78 is 0. The molecule has 0 N–H and O–H groups in total. The number of hydrogen-bond acceptors (Lipinski definition) is 0. The van der Waals surface area contributed by atoms with Crippen molar-refractivity contribution in [2.75, 3.05) is 0 Å². The Morgan fingerprint density at radius 2 is 0.938 bits per heavy atom. The third kappa shape index (κ3) is 12.0. The largest absolute Gasteiger partial charge is 0.184 e. The normalized spacial score (nSPS) is 11.4. The minimum atomic E-state index is -0.826. The van der Waals surface area contributed by atoms with Crippen molar-refractivity contribution in [3.8, 4) is 33.4 Å². The van der Waals surface area contributed by atoms with E-state index in [0.29, 0.717) is 11.8 Å². The molecule has 0 unspecified atom stereocenters. The summed E-state index contributed by atoms with van der Waals surface area (Å²) in [6, 6.07) is 55.1. The Hall–Kier alpha value is -3.78. The Labute approximate surface area is 407 Å². The second kappa shape index (κ2) is 24.7. The van der Waals surface area contributed by atoms with Gasteiger partial charge in [0.15, 0.2) is 0 Å². The fourth-order valence-electron chi connectivity index (χ4n) is 9.42. The molecular weight excluding hydrogens is 911 g/mol. The van der Waals surface area contributed by atoms with Crippen LogP contribution in [-0.4, -0.2) is 9.52 Å².